The standard InChI is InChI=1S/C19H15Cl2N3O3S/c20-15-5-8-17(21)18(10-15)28(26,27)24-16-6-3-14(4-7-16)19(25)23-12-13-2-1-9-22-11-13/h1-11,24H,12H2,(H,23,25). The predicted octanol–water partition coefficient (Wildman–Crippen LogP) is 4.12. The van der Waals surface area contributed by atoms with E-state index >= 15 is 0 Å². The summed E-state index contributed by atoms with van der Waals surface area (Å²) in [5.74, 6) is -0.281. The molecule has 1 heterocycles. The Kier molecular flexibility index (Phi) is 6.18. The summed E-state index contributed by atoms with van der Waals surface area (Å²) >= 11 is 11.8. The highest BCUT2D eigenvalue weighted by Gasteiger charge is 2.19. The molecule has 3 aromatic rings. The normalized spacial score (nSPS) is 11.1. The summed E-state index contributed by atoms with van der Waals surface area (Å²) in [5.41, 5.74) is 1.56. The average Bonchev–Trinajstić information content (AvgIpc) is 2.69. The molecule has 28 heavy (non-hydrogen) atoms. The highest BCUT2D eigenvalue weighted by atomic mass is 35.5. The van der Waals surface area contributed by atoms with Gasteiger partial charge in [0.2, 0.25) is 0 Å². The molecule has 0 aliphatic carbocycles. The van der Waals surface area contributed by atoms with Crippen LogP contribution in [0.3, 0.4) is 0 Å². The molecule has 6 nitrogen and oxygen atoms in total. The fourth-order valence-corrected chi connectivity index (χ4v) is 4.19. The Morgan fingerprint density at radius 3 is 2.46 bits per heavy atom. The van der Waals surface area contributed by atoms with Gasteiger partial charge in [0.05, 0.1) is 5.02 Å². The lowest BCUT2D eigenvalue weighted by molar-refractivity contribution is 0.0951. The molecular formula is C19H15Cl2N3O3S. The van der Waals surface area contributed by atoms with Crippen LogP contribution in [0, 0.1) is 0 Å². The van der Waals surface area contributed by atoms with E-state index in [1.165, 1.54) is 42.5 Å². The van der Waals surface area contributed by atoms with E-state index in [0.29, 0.717) is 17.8 Å². The van der Waals surface area contributed by atoms with Gasteiger partial charge in [-0.3, -0.25) is 14.5 Å². The molecule has 144 valence electrons. The topological polar surface area (TPSA) is 88.2 Å². The minimum absolute atomic E-state index is 0.0586. The van der Waals surface area contributed by atoms with Crippen LogP contribution in [0.4, 0.5) is 5.69 Å². The molecule has 0 spiro atoms. The molecule has 2 N–H and O–H groups in total. The van der Waals surface area contributed by atoms with Crippen LogP contribution in [-0.4, -0.2) is 19.3 Å². The fraction of sp³-hybridized carbons (Fsp3) is 0.0526. The van der Waals surface area contributed by atoms with Crippen molar-refractivity contribution in [3.8, 4) is 0 Å². The van der Waals surface area contributed by atoms with Crippen molar-refractivity contribution >= 4 is 44.8 Å². The number of amides is 1. The molecular weight excluding hydrogens is 421 g/mol. The Labute approximate surface area is 172 Å². The second-order valence-electron chi connectivity index (χ2n) is 5.80. The van der Waals surface area contributed by atoms with Gasteiger partial charge in [0.1, 0.15) is 4.90 Å². The highest BCUT2D eigenvalue weighted by molar-refractivity contribution is 7.92. The maximum Gasteiger partial charge on any atom is 0.263 e. The minimum Gasteiger partial charge on any atom is -0.348 e. The Morgan fingerprint density at radius 2 is 1.79 bits per heavy atom. The molecule has 1 aromatic heterocycles. The van der Waals surface area contributed by atoms with E-state index in [2.05, 4.69) is 15.0 Å². The number of hydrogen-bond acceptors (Lipinski definition) is 4. The third-order valence-electron chi connectivity index (χ3n) is 3.76. The smallest absolute Gasteiger partial charge is 0.263 e. The Hall–Kier alpha value is -2.61. The average molecular weight is 436 g/mol. The van der Waals surface area contributed by atoms with Crippen LogP contribution >= 0.6 is 23.2 Å². The van der Waals surface area contributed by atoms with Crippen LogP contribution in [0.5, 0.6) is 0 Å². The number of pyridine rings is 1. The molecule has 0 bridgehead atoms. The van der Waals surface area contributed by atoms with Gasteiger partial charge in [-0.25, -0.2) is 8.42 Å². The first kappa shape index (κ1) is 20.1. The predicted molar refractivity (Wildman–Crippen MR) is 109 cm³/mol. The summed E-state index contributed by atoms with van der Waals surface area (Å²) in [6, 6.07) is 13.9. The lowest BCUT2D eigenvalue weighted by Crippen LogP contribution is -2.22. The van der Waals surface area contributed by atoms with Gasteiger partial charge in [0.25, 0.3) is 15.9 Å². The Morgan fingerprint density at radius 1 is 1.04 bits per heavy atom. The molecule has 9 heteroatoms. The van der Waals surface area contributed by atoms with E-state index in [1.807, 2.05) is 6.07 Å². The van der Waals surface area contributed by atoms with Crippen LogP contribution in [0.25, 0.3) is 0 Å². The number of nitrogens with zero attached hydrogens (tertiary/aromatic N) is 1. The molecule has 0 saturated carbocycles. The zero-order chi connectivity index (χ0) is 20.1. The maximum atomic E-state index is 12.5. The van der Waals surface area contributed by atoms with Gasteiger partial charge in [0.15, 0.2) is 0 Å². The maximum absolute atomic E-state index is 12.5. The Bertz CT molecular complexity index is 1090. The monoisotopic (exact) mass is 435 g/mol. The van der Waals surface area contributed by atoms with E-state index in [4.69, 9.17) is 23.2 Å². The summed E-state index contributed by atoms with van der Waals surface area (Å²) < 4.78 is 27.4. The first-order chi connectivity index (χ1) is 13.3. The van der Waals surface area contributed by atoms with Crippen molar-refractivity contribution in [2.24, 2.45) is 0 Å². The number of carbonyl (C=O) groups is 1. The van der Waals surface area contributed by atoms with Gasteiger partial charge >= 0.3 is 0 Å². The van der Waals surface area contributed by atoms with Crippen LogP contribution < -0.4 is 10.0 Å². The van der Waals surface area contributed by atoms with E-state index < -0.39 is 10.0 Å². The zero-order valence-corrected chi connectivity index (χ0v) is 16.7. The van der Waals surface area contributed by atoms with Crippen molar-refractivity contribution in [2.75, 3.05) is 4.72 Å². The summed E-state index contributed by atoms with van der Waals surface area (Å²) in [6.07, 6.45) is 3.32. The molecule has 0 fully saturated rings. The third kappa shape index (κ3) is 5.01. The quantitative estimate of drug-likeness (QED) is 0.609. The second kappa shape index (κ2) is 8.60. The number of sulfonamides is 1. The number of anilines is 1. The van der Waals surface area contributed by atoms with Crippen molar-refractivity contribution in [2.45, 2.75) is 11.4 Å². The second-order valence-corrected chi connectivity index (χ2v) is 8.30. The van der Waals surface area contributed by atoms with Crippen LogP contribution in [0.1, 0.15) is 15.9 Å². The van der Waals surface area contributed by atoms with Gasteiger partial charge in [-0.2, -0.15) is 0 Å². The number of aromatic nitrogens is 1. The summed E-state index contributed by atoms with van der Waals surface area (Å²) in [5, 5.41) is 3.09. The van der Waals surface area contributed by atoms with Crippen LogP contribution in [0.15, 0.2) is 71.9 Å². The first-order valence-corrected chi connectivity index (χ1v) is 10.3. The number of nitrogens with one attached hydrogen (secondary N) is 2. The summed E-state index contributed by atoms with van der Waals surface area (Å²) in [4.78, 5) is 16.1. The van der Waals surface area contributed by atoms with E-state index in [1.54, 1.807) is 18.5 Å². The molecule has 3 rings (SSSR count). The van der Waals surface area contributed by atoms with Crippen LogP contribution in [0.2, 0.25) is 10.0 Å². The van der Waals surface area contributed by atoms with E-state index in [0.717, 1.165) is 5.56 Å². The molecule has 0 aliphatic heterocycles. The minimum atomic E-state index is -3.92. The molecule has 0 saturated heterocycles. The Balaban J connectivity index is 1.68. The zero-order valence-electron chi connectivity index (χ0n) is 14.4. The van der Waals surface area contributed by atoms with Gasteiger partial charge < -0.3 is 5.32 Å². The molecule has 0 aliphatic rings. The number of hydrogen-bond donors (Lipinski definition) is 2. The van der Waals surface area contributed by atoms with Crippen molar-refractivity contribution in [1.29, 1.82) is 0 Å². The number of halogens is 2. The van der Waals surface area contributed by atoms with Gasteiger partial charge in [-0.1, -0.05) is 29.3 Å². The SMILES string of the molecule is O=C(NCc1cccnc1)c1ccc(NS(=O)(=O)c2cc(Cl)ccc2Cl)cc1. The van der Waals surface area contributed by atoms with E-state index in [-0.39, 0.29) is 20.8 Å². The van der Waals surface area contributed by atoms with Crippen molar-refractivity contribution < 1.29 is 13.2 Å². The van der Waals surface area contributed by atoms with Crippen molar-refractivity contribution in [3.63, 3.8) is 0 Å². The molecule has 0 unspecified atom stereocenters. The van der Waals surface area contributed by atoms with Gasteiger partial charge in [-0.15, -0.1) is 0 Å². The van der Waals surface area contributed by atoms with Crippen molar-refractivity contribution in [1.82, 2.24) is 10.3 Å². The molecule has 2 aromatic carbocycles. The summed E-state index contributed by atoms with van der Waals surface area (Å²) in [7, 11) is -3.92. The summed E-state index contributed by atoms with van der Waals surface area (Å²) in [6.45, 7) is 0.342. The molecule has 1 amide bonds. The van der Waals surface area contributed by atoms with E-state index in [9.17, 15) is 13.2 Å². The molecule has 0 radical (unpaired) electrons. The van der Waals surface area contributed by atoms with Gasteiger partial charge in [0, 0.05) is 35.2 Å². The lowest BCUT2D eigenvalue weighted by atomic mass is 10.2. The number of benzene rings is 2. The van der Waals surface area contributed by atoms with Crippen LogP contribution in [-0.2, 0) is 16.6 Å². The number of carbonyl (C=O) groups excluding carboxylic acids is 1. The lowest BCUT2D eigenvalue weighted by Gasteiger charge is -2.11. The molecule has 0 atom stereocenters. The largest absolute Gasteiger partial charge is 0.348 e. The fourth-order valence-electron chi connectivity index (χ4n) is 2.37. The number of rotatable bonds is 6. The van der Waals surface area contributed by atoms with Crippen molar-refractivity contribution in [3.05, 3.63) is 88.2 Å². The third-order valence-corrected chi connectivity index (χ3v) is 5.86. The highest BCUT2D eigenvalue weighted by Crippen LogP contribution is 2.26. The first-order valence-electron chi connectivity index (χ1n) is 8.10. The van der Waals surface area contributed by atoms with Gasteiger partial charge in [-0.05, 0) is 54.1 Å².